The fraction of sp³-hybridized carbons (Fsp3) is 0.111. The molecule has 2 rings (SSSR count). The number of aromatic amines is 1. The summed E-state index contributed by atoms with van der Waals surface area (Å²) in [6.45, 7) is 0. The van der Waals surface area contributed by atoms with E-state index >= 15 is 0 Å². The average Bonchev–Trinajstić information content (AvgIpc) is 2.62. The molecular weight excluding hydrogens is 184 g/mol. The van der Waals surface area contributed by atoms with E-state index in [0.717, 1.165) is 5.39 Å². The number of aromatic nitrogens is 2. The quantitative estimate of drug-likeness (QED) is 0.751. The highest BCUT2D eigenvalue weighted by Crippen LogP contribution is 2.20. The van der Waals surface area contributed by atoms with Crippen molar-refractivity contribution in [2.24, 2.45) is 0 Å². The average molecular weight is 192 g/mol. The molecule has 2 heterocycles. The molecule has 14 heavy (non-hydrogen) atoms. The standard InChI is InChI=1S/C9H8N2O3/c1-14-8-6(9(12)13)4-5-2-3-10-7(5)11-8/h2-4H,1H3,(H,10,11)(H,12,13). The summed E-state index contributed by atoms with van der Waals surface area (Å²) in [7, 11) is 1.39. The van der Waals surface area contributed by atoms with Crippen LogP contribution < -0.4 is 4.74 Å². The van der Waals surface area contributed by atoms with Crippen molar-refractivity contribution in [1.82, 2.24) is 9.97 Å². The number of nitrogens with one attached hydrogen (secondary N) is 1. The zero-order valence-electron chi connectivity index (χ0n) is 7.44. The van der Waals surface area contributed by atoms with Gasteiger partial charge in [0.2, 0.25) is 5.88 Å². The molecular formula is C9H8N2O3. The van der Waals surface area contributed by atoms with Crippen LogP contribution in [0.25, 0.3) is 11.0 Å². The van der Waals surface area contributed by atoms with Crippen molar-refractivity contribution in [2.75, 3.05) is 7.11 Å². The van der Waals surface area contributed by atoms with Crippen LogP contribution in [0.1, 0.15) is 10.4 Å². The summed E-state index contributed by atoms with van der Waals surface area (Å²) in [6.07, 6.45) is 1.70. The van der Waals surface area contributed by atoms with Crippen LogP contribution >= 0.6 is 0 Å². The summed E-state index contributed by atoms with van der Waals surface area (Å²) in [5, 5.41) is 9.62. The highest BCUT2D eigenvalue weighted by atomic mass is 16.5. The van der Waals surface area contributed by atoms with Crippen LogP contribution in [0.3, 0.4) is 0 Å². The number of rotatable bonds is 2. The fourth-order valence-corrected chi connectivity index (χ4v) is 1.27. The molecule has 0 spiro atoms. The molecule has 2 N–H and O–H groups in total. The molecule has 0 aliphatic carbocycles. The number of hydrogen-bond acceptors (Lipinski definition) is 3. The number of fused-ring (bicyclic) bond motifs is 1. The molecule has 0 saturated heterocycles. The van der Waals surface area contributed by atoms with Gasteiger partial charge in [0.25, 0.3) is 0 Å². The molecule has 0 amide bonds. The van der Waals surface area contributed by atoms with Crippen LogP contribution in [0.5, 0.6) is 5.88 Å². The Morgan fingerprint density at radius 1 is 1.64 bits per heavy atom. The highest BCUT2D eigenvalue weighted by Gasteiger charge is 2.13. The Labute approximate surface area is 79.3 Å². The van der Waals surface area contributed by atoms with Gasteiger partial charge in [0.15, 0.2) is 0 Å². The first-order chi connectivity index (χ1) is 6.72. The summed E-state index contributed by atoms with van der Waals surface area (Å²) >= 11 is 0. The van der Waals surface area contributed by atoms with Gasteiger partial charge in [-0.1, -0.05) is 0 Å². The number of H-pyrrole nitrogens is 1. The molecule has 2 aromatic heterocycles. The van der Waals surface area contributed by atoms with Crippen LogP contribution in [-0.4, -0.2) is 28.2 Å². The summed E-state index contributed by atoms with van der Waals surface area (Å²) in [6, 6.07) is 3.29. The monoisotopic (exact) mass is 192 g/mol. The molecule has 72 valence electrons. The van der Waals surface area contributed by atoms with Gasteiger partial charge in [0.1, 0.15) is 11.2 Å². The molecule has 0 bridgehead atoms. The van der Waals surface area contributed by atoms with Gasteiger partial charge >= 0.3 is 5.97 Å². The van der Waals surface area contributed by atoms with Gasteiger partial charge in [-0.15, -0.1) is 0 Å². The minimum atomic E-state index is -1.04. The molecule has 0 saturated carbocycles. The maximum Gasteiger partial charge on any atom is 0.341 e. The molecule has 0 aliphatic rings. The zero-order chi connectivity index (χ0) is 10.1. The molecule has 0 fully saturated rings. The van der Waals surface area contributed by atoms with Gasteiger partial charge in [-0.2, -0.15) is 4.98 Å². The topological polar surface area (TPSA) is 75.2 Å². The Kier molecular flexibility index (Phi) is 1.85. The third kappa shape index (κ3) is 1.19. The summed E-state index contributed by atoms with van der Waals surface area (Å²) in [5.41, 5.74) is 0.687. The van der Waals surface area contributed by atoms with E-state index < -0.39 is 5.97 Å². The Morgan fingerprint density at radius 3 is 3.07 bits per heavy atom. The fourth-order valence-electron chi connectivity index (χ4n) is 1.27. The van der Waals surface area contributed by atoms with Gasteiger partial charge in [-0.3, -0.25) is 0 Å². The van der Waals surface area contributed by atoms with E-state index in [1.54, 1.807) is 12.3 Å². The van der Waals surface area contributed by atoms with Crippen LogP contribution in [0.4, 0.5) is 0 Å². The number of carboxylic acid groups (broad SMARTS) is 1. The normalized spacial score (nSPS) is 10.4. The predicted molar refractivity (Wildman–Crippen MR) is 49.6 cm³/mol. The maximum atomic E-state index is 10.8. The van der Waals surface area contributed by atoms with E-state index in [2.05, 4.69) is 9.97 Å². The van der Waals surface area contributed by atoms with Crippen LogP contribution in [0.15, 0.2) is 18.3 Å². The van der Waals surface area contributed by atoms with Crippen molar-refractivity contribution in [3.8, 4) is 5.88 Å². The lowest BCUT2D eigenvalue weighted by molar-refractivity contribution is 0.0692. The Morgan fingerprint density at radius 2 is 2.43 bits per heavy atom. The van der Waals surface area contributed by atoms with Crippen molar-refractivity contribution < 1.29 is 14.6 Å². The third-order valence-corrected chi connectivity index (χ3v) is 1.92. The summed E-state index contributed by atoms with van der Waals surface area (Å²) in [5.74, 6) is -0.926. The van der Waals surface area contributed by atoms with Crippen molar-refractivity contribution in [3.05, 3.63) is 23.9 Å². The second-order valence-corrected chi connectivity index (χ2v) is 2.77. The lowest BCUT2D eigenvalue weighted by Gasteiger charge is -2.02. The zero-order valence-corrected chi connectivity index (χ0v) is 7.44. The van der Waals surface area contributed by atoms with Crippen molar-refractivity contribution >= 4 is 17.0 Å². The first-order valence-electron chi connectivity index (χ1n) is 3.98. The van der Waals surface area contributed by atoms with E-state index in [4.69, 9.17) is 9.84 Å². The second-order valence-electron chi connectivity index (χ2n) is 2.77. The first-order valence-corrected chi connectivity index (χ1v) is 3.98. The number of nitrogens with zero attached hydrogens (tertiary/aromatic N) is 1. The smallest absolute Gasteiger partial charge is 0.341 e. The number of carbonyl (C=O) groups is 1. The number of hydrogen-bond donors (Lipinski definition) is 2. The number of methoxy groups -OCH3 is 1. The molecule has 0 unspecified atom stereocenters. The number of carboxylic acids is 1. The Balaban J connectivity index is 2.72. The van der Waals surface area contributed by atoms with Gasteiger partial charge in [-0.05, 0) is 12.1 Å². The molecule has 0 atom stereocenters. The highest BCUT2D eigenvalue weighted by molar-refractivity contribution is 5.94. The van der Waals surface area contributed by atoms with Gasteiger partial charge in [0.05, 0.1) is 7.11 Å². The lowest BCUT2D eigenvalue weighted by Crippen LogP contribution is -2.02. The minimum absolute atomic E-state index is 0.0691. The van der Waals surface area contributed by atoms with Crippen molar-refractivity contribution in [2.45, 2.75) is 0 Å². The van der Waals surface area contributed by atoms with E-state index in [1.165, 1.54) is 13.2 Å². The Bertz CT molecular complexity index is 490. The van der Waals surface area contributed by atoms with Crippen molar-refractivity contribution in [3.63, 3.8) is 0 Å². The predicted octanol–water partition coefficient (Wildman–Crippen LogP) is 1.27. The third-order valence-electron chi connectivity index (χ3n) is 1.92. The second kappa shape index (κ2) is 3.02. The number of ether oxygens (including phenoxy) is 1. The molecule has 5 heteroatoms. The summed E-state index contributed by atoms with van der Waals surface area (Å²) in [4.78, 5) is 17.7. The molecule has 5 nitrogen and oxygen atoms in total. The van der Waals surface area contributed by atoms with Crippen LogP contribution in [-0.2, 0) is 0 Å². The summed E-state index contributed by atoms with van der Waals surface area (Å²) < 4.78 is 4.87. The van der Waals surface area contributed by atoms with E-state index in [0.29, 0.717) is 5.65 Å². The van der Waals surface area contributed by atoms with E-state index in [-0.39, 0.29) is 11.4 Å². The number of aromatic carboxylic acids is 1. The van der Waals surface area contributed by atoms with Gasteiger partial charge in [0, 0.05) is 11.6 Å². The van der Waals surface area contributed by atoms with Crippen LogP contribution in [0.2, 0.25) is 0 Å². The largest absolute Gasteiger partial charge is 0.480 e. The molecule has 0 radical (unpaired) electrons. The van der Waals surface area contributed by atoms with Gasteiger partial charge < -0.3 is 14.8 Å². The van der Waals surface area contributed by atoms with Gasteiger partial charge in [-0.25, -0.2) is 4.79 Å². The maximum absolute atomic E-state index is 10.8. The van der Waals surface area contributed by atoms with Crippen LogP contribution in [0, 0.1) is 0 Å². The van der Waals surface area contributed by atoms with E-state index in [9.17, 15) is 4.79 Å². The first kappa shape index (κ1) is 8.55. The molecule has 0 aliphatic heterocycles. The number of pyridine rings is 1. The van der Waals surface area contributed by atoms with Crippen molar-refractivity contribution in [1.29, 1.82) is 0 Å². The molecule has 2 aromatic rings. The Hall–Kier alpha value is -2.04. The lowest BCUT2D eigenvalue weighted by atomic mass is 10.2. The minimum Gasteiger partial charge on any atom is -0.480 e. The SMILES string of the molecule is COc1nc2[nH]ccc2cc1C(=O)O. The molecule has 0 aromatic carbocycles. The van der Waals surface area contributed by atoms with E-state index in [1.807, 2.05) is 0 Å².